The number of aromatic nitrogens is 4. The predicted octanol–water partition coefficient (Wildman–Crippen LogP) is 16.6. The lowest BCUT2D eigenvalue weighted by Gasteiger charge is -2.12. The van der Waals surface area contributed by atoms with Crippen LogP contribution in [0, 0.1) is 76.0 Å². The molecule has 0 saturated heterocycles. The third-order valence-corrected chi connectivity index (χ3v) is 14.2. The zero-order chi connectivity index (χ0) is 65.1. The molecule has 4 heterocycles. The van der Waals surface area contributed by atoms with Gasteiger partial charge in [0.15, 0.2) is 24.8 Å². The van der Waals surface area contributed by atoms with Crippen LogP contribution in [0.4, 0.5) is 0 Å². The number of hydrogen-bond acceptors (Lipinski definition) is 0. The van der Waals surface area contributed by atoms with Crippen molar-refractivity contribution in [3.05, 3.63) is 211 Å². The molecule has 0 radical (unpaired) electrons. The Morgan fingerprint density at radius 3 is 1.19 bits per heavy atom. The van der Waals surface area contributed by atoms with Crippen LogP contribution in [0.5, 0.6) is 0 Å². The Morgan fingerprint density at radius 1 is 0.333 bits per heavy atom. The van der Waals surface area contributed by atoms with Gasteiger partial charge in [0.05, 0.1) is 0 Å². The quantitative estimate of drug-likeness (QED) is 0.135. The molecular formula is C71H94N4+4. The fraction of sp³-hybridized carbons (Fsp3) is 0.380. The lowest BCUT2D eigenvalue weighted by molar-refractivity contribution is -0.661. The van der Waals surface area contributed by atoms with Crippen molar-refractivity contribution in [2.75, 3.05) is 0 Å². The van der Waals surface area contributed by atoms with E-state index >= 15 is 0 Å². The van der Waals surface area contributed by atoms with Gasteiger partial charge in [0.25, 0.3) is 0 Å². The van der Waals surface area contributed by atoms with Gasteiger partial charge in [-0.15, -0.1) is 0 Å². The molecule has 4 heteroatoms. The van der Waals surface area contributed by atoms with Crippen molar-refractivity contribution in [3.8, 4) is 45.0 Å². The normalized spacial score (nSPS) is 14.7. The number of aryl methyl sites for hydroxylation is 15. The summed E-state index contributed by atoms with van der Waals surface area (Å²) in [7, 11) is 7.91. The maximum Gasteiger partial charge on any atom is 0.212 e. The molecular weight excluding hydrogens is 909 g/mol. The van der Waals surface area contributed by atoms with Gasteiger partial charge in [-0.25, -0.2) is 18.3 Å². The van der Waals surface area contributed by atoms with E-state index in [0.29, 0.717) is 34.1 Å². The Kier molecular flexibility index (Phi) is 15.4. The van der Waals surface area contributed by atoms with Gasteiger partial charge in [0.2, 0.25) is 22.8 Å². The predicted molar refractivity (Wildman–Crippen MR) is 321 cm³/mol. The van der Waals surface area contributed by atoms with Crippen LogP contribution in [0.3, 0.4) is 0 Å². The minimum atomic E-state index is -2.43. The van der Waals surface area contributed by atoms with Gasteiger partial charge < -0.3 is 0 Å². The van der Waals surface area contributed by atoms with E-state index in [1.165, 1.54) is 73.9 Å². The van der Waals surface area contributed by atoms with E-state index < -0.39 is 32.3 Å². The summed E-state index contributed by atoms with van der Waals surface area (Å²) >= 11 is 0. The highest BCUT2D eigenvalue weighted by molar-refractivity contribution is 5.65. The third-order valence-electron chi connectivity index (χ3n) is 14.2. The van der Waals surface area contributed by atoms with E-state index in [0.717, 1.165) is 39.2 Å². The molecule has 4 nitrogen and oxygen atoms in total. The molecule has 394 valence electrons. The maximum atomic E-state index is 8.23. The van der Waals surface area contributed by atoms with E-state index in [9.17, 15) is 0 Å². The first-order valence-electron chi connectivity index (χ1n) is 31.9. The van der Waals surface area contributed by atoms with Crippen molar-refractivity contribution in [3.63, 3.8) is 0 Å². The summed E-state index contributed by atoms with van der Waals surface area (Å²) in [6.07, 6.45) is 7.78. The zero-order valence-electron chi connectivity index (χ0n) is 60.1. The average Bonchev–Trinajstić information content (AvgIpc) is 1.14. The van der Waals surface area contributed by atoms with Crippen LogP contribution in [0.1, 0.15) is 177 Å². The molecule has 0 aliphatic heterocycles. The lowest BCUT2D eigenvalue weighted by Crippen LogP contribution is -2.32. The summed E-state index contributed by atoms with van der Waals surface area (Å²) in [5.74, 6) is -1.19. The minimum absolute atomic E-state index is 0.305. The molecule has 0 N–H and O–H groups in total. The molecule has 0 spiro atoms. The summed E-state index contributed by atoms with van der Waals surface area (Å²) in [6, 6.07) is 34.5. The standard InChI is InChI=1S/3C18H24N.C17H22N/c1-12(2)16-7-8-17(14(4)9-16)18-10-13(3)15(5)11-19(18)6;1-12(2)17-10-18(19(6)11-15(17)5)16-8-7-13(3)9-14(16)4;1-12(2)17-11-19(6)18(10-15(17)5)16-8-7-13(3)9-14(16)4;1-12(2)15-7-8-16(14(4)10-15)17-9-6-13(3)11-18(17)5/h3*7-12H,1-6H3;6-12H,1-5H3/q4*+1/i1D3,5D3,12D;;;3D3,12D. The van der Waals surface area contributed by atoms with Gasteiger partial charge in [-0.1, -0.05) is 115 Å². The first-order chi connectivity index (χ1) is 39.5. The molecule has 1 unspecified atom stereocenters. The Balaban J connectivity index is 0.000000211. The molecule has 0 amide bonds. The Labute approximate surface area is 471 Å². The first-order valence-corrected chi connectivity index (χ1v) is 26.4. The van der Waals surface area contributed by atoms with Crippen LogP contribution in [0.15, 0.2) is 128 Å². The largest absolute Gasteiger partial charge is 0.212 e. The Morgan fingerprint density at radius 2 is 0.747 bits per heavy atom. The van der Waals surface area contributed by atoms with E-state index in [1.807, 2.05) is 69.6 Å². The van der Waals surface area contributed by atoms with Crippen LogP contribution < -0.4 is 18.3 Å². The summed E-state index contributed by atoms with van der Waals surface area (Å²) in [6.45, 7) is 26.2. The molecule has 0 fully saturated rings. The zero-order valence-corrected chi connectivity index (χ0v) is 49.1. The fourth-order valence-electron chi connectivity index (χ4n) is 9.88. The van der Waals surface area contributed by atoms with Crippen LogP contribution in [-0.2, 0) is 28.2 Å². The molecule has 8 rings (SSSR count). The molecule has 8 aromatic rings. The SMILES string of the molecule is Cc1ccc(-c2cc(C(C)C)c(C)c[n+]2C)c(C)c1.Cc1ccc(-c2cc(C)c(C(C)C)c[n+]2C)c(C)c1.[2H]C([2H])([2H])c1c[n+](C)c(-c2ccc(C([2H])(C)C([2H])([2H])[2H])cc2C)cc1C.[2H]C([2H])([2H])c1ccc(-c2ccc(C([2H])(C)C)cc2C)[n+](C)c1. The van der Waals surface area contributed by atoms with Gasteiger partial charge in [0, 0.05) is 83.9 Å². The Hall–Kier alpha value is -6.52. The average molecular weight is 1010 g/mol. The second kappa shape index (κ2) is 25.8. The van der Waals surface area contributed by atoms with Crippen molar-refractivity contribution in [2.45, 2.75) is 155 Å². The van der Waals surface area contributed by atoms with E-state index in [4.69, 9.17) is 15.1 Å². The van der Waals surface area contributed by atoms with Gasteiger partial charge in [0.1, 0.15) is 28.2 Å². The van der Waals surface area contributed by atoms with Crippen molar-refractivity contribution in [1.29, 1.82) is 0 Å². The highest BCUT2D eigenvalue weighted by Crippen LogP contribution is 2.30. The van der Waals surface area contributed by atoms with Crippen molar-refractivity contribution >= 4 is 0 Å². The van der Waals surface area contributed by atoms with Gasteiger partial charge in [-0.3, -0.25) is 0 Å². The highest BCUT2D eigenvalue weighted by Gasteiger charge is 2.20. The maximum absolute atomic E-state index is 8.23. The molecule has 1 atom stereocenters. The molecule has 0 aliphatic carbocycles. The topological polar surface area (TPSA) is 15.5 Å². The van der Waals surface area contributed by atoms with Crippen LogP contribution in [0.2, 0.25) is 0 Å². The van der Waals surface area contributed by atoms with E-state index in [-0.39, 0.29) is 0 Å². The number of nitrogens with zero attached hydrogens (tertiary/aromatic N) is 4. The van der Waals surface area contributed by atoms with Crippen LogP contribution >= 0.6 is 0 Å². The van der Waals surface area contributed by atoms with E-state index in [2.05, 4.69) is 153 Å². The summed E-state index contributed by atoms with van der Waals surface area (Å²) in [4.78, 5) is 0. The van der Waals surface area contributed by atoms with Gasteiger partial charge in [-0.2, -0.15) is 0 Å². The smallest absolute Gasteiger partial charge is 0.201 e. The summed E-state index contributed by atoms with van der Waals surface area (Å²) in [5.41, 5.74) is 24.5. The number of hydrogen-bond donors (Lipinski definition) is 0. The Bertz CT molecular complexity index is 3670. The summed E-state index contributed by atoms with van der Waals surface area (Å²) in [5, 5.41) is 0. The fourth-order valence-corrected chi connectivity index (χ4v) is 9.88. The second-order valence-electron chi connectivity index (χ2n) is 21.7. The van der Waals surface area contributed by atoms with Crippen molar-refractivity contribution in [2.24, 2.45) is 28.2 Å². The molecule has 4 aromatic heterocycles. The van der Waals surface area contributed by atoms with Crippen molar-refractivity contribution in [1.82, 2.24) is 0 Å². The molecule has 0 bridgehead atoms. The summed E-state index contributed by atoms with van der Waals surface area (Å²) < 4.78 is 92.6. The first kappa shape index (κ1) is 44.7. The number of benzene rings is 4. The third kappa shape index (κ3) is 15.1. The molecule has 75 heavy (non-hydrogen) atoms. The number of pyridine rings is 4. The van der Waals surface area contributed by atoms with Crippen LogP contribution in [0.25, 0.3) is 45.0 Å². The van der Waals surface area contributed by atoms with Gasteiger partial charge >= 0.3 is 0 Å². The monoisotopic (exact) mass is 1010 g/mol. The highest BCUT2D eigenvalue weighted by atomic mass is 14.9. The molecule has 0 aliphatic rings. The molecule has 4 aromatic carbocycles. The van der Waals surface area contributed by atoms with Gasteiger partial charge in [-0.05, 0) is 180 Å². The van der Waals surface area contributed by atoms with E-state index in [1.54, 1.807) is 55.2 Å². The minimum Gasteiger partial charge on any atom is -0.201 e. The molecule has 0 saturated carbocycles. The van der Waals surface area contributed by atoms with Crippen molar-refractivity contribution < 1.29 is 33.3 Å². The second-order valence-corrected chi connectivity index (χ2v) is 21.7. The van der Waals surface area contributed by atoms with Crippen LogP contribution in [-0.4, -0.2) is 0 Å². The number of rotatable bonds is 8. The lowest BCUT2D eigenvalue weighted by atomic mass is 9.95.